The Morgan fingerprint density at radius 3 is 2.25 bits per heavy atom. The molecule has 0 fully saturated rings. The van der Waals surface area contributed by atoms with Crippen LogP contribution in [0.3, 0.4) is 0 Å². The molecule has 0 aliphatic carbocycles. The highest BCUT2D eigenvalue weighted by atomic mass is 32.2. The van der Waals surface area contributed by atoms with E-state index in [0.29, 0.717) is 10.7 Å². The number of methoxy groups -OCH3 is 1. The molecule has 186 valence electrons. The summed E-state index contributed by atoms with van der Waals surface area (Å²) in [6.45, 7) is 5.22. The summed E-state index contributed by atoms with van der Waals surface area (Å²) in [4.78, 5) is 13.2. The van der Waals surface area contributed by atoms with Crippen molar-refractivity contribution in [3.63, 3.8) is 0 Å². The lowest BCUT2D eigenvalue weighted by Crippen LogP contribution is -2.38. The van der Waals surface area contributed by atoms with Crippen LogP contribution in [0.2, 0.25) is 0 Å². The largest absolute Gasteiger partial charge is 0.497 e. The smallest absolute Gasteiger partial charge is 0.264 e. The highest BCUT2D eigenvalue weighted by Gasteiger charge is 2.28. The molecule has 8 nitrogen and oxygen atoms in total. The molecule has 0 aliphatic heterocycles. The fraction of sp³-hybridized carbons (Fsp3) is 0.192. The topological polar surface area (TPSA) is 101 Å². The molecule has 1 amide bonds. The van der Waals surface area contributed by atoms with Crippen molar-refractivity contribution in [3.05, 3.63) is 83.4 Å². The molecule has 36 heavy (non-hydrogen) atoms. The van der Waals surface area contributed by atoms with Crippen LogP contribution in [-0.2, 0) is 14.8 Å². The number of carbonyl (C=O) groups is 1. The van der Waals surface area contributed by atoms with Crippen LogP contribution in [0, 0.1) is 20.8 Å². The fourth-order valence-electron chi connectivity index (χ4n) is 3.64. The highest BCUT2D eigenvalue weighted by molar-refractivity contribution is 7.92. The average Bonchev–Trinajstić information content (AvgIpc) is 3.31. The summed E-state index contributed by atoms with van der Waals surface area (Å²) in [5, 5.41) is 11.8. The minimum Gasteiger partial charge on any atom is -0.497 e. The van der Waals surface area contributed by atoms with E-state index in [2.05, 4.69) is 15.5 Å². The first-order valence-electron chi connectivity index (χ1n) is 11.1. The zero-order chi connectivity index (χ0) is 25.9. The average molecular weight is 523 g/mol. The van der Waals surface area contributed by atoms with Crippen molar-refractivity contribution in [2.24, 2.45) is 0 Å². The molecular weight excluding hydrogens is 496 g/mol. The number of hydrogen-bond donors (Lipinski definition) is 1. The molecule has 0 spiro atoms. The molecule has 4 rings (SSSR count). The van der Waals surface area contributed by atoms with Gasteiger partial charge in [-0.05, 0) is 68.8 Å². The van der Waals surface area contributed by atoms with Gasteiger partial charge in [0.25, 0.3) is 10.0 Å². The van der Waals surface area contributed by atoms with Gasteiger partial charge in [0.1, 0.15) is 17.3 Å². The number of aromatic nitrogens is 2. The lowest BCUT2D eigenvalue weighted by atomic mass is 10.1. The van der Waals surface area contributed by atoms with Crippen molar-refractivity contribution >= 4 is 38.1 Å². The van der Waals surface area contributed by atoms with Crippen molar-refractivity contribution in [3.8, 4) is 16.3 Å². The van der Waals surface area contributed by atoms with Gasteiger partial charge in [0, 0.05) is 5.56 Å². The Kier molecular flexibility index (Phi) is 7.37. The molecule has 0 unspecified atom stereocenters. The van der Waals surface area contributed by atoms with Gasteiger partial charge in [0.2, 0.25) is 11.0 Å². The summed E-state index contributed by atoms with van der Waals surface area (Å²) in [5.74, 6) is 0.196. The van der Waals surface area contributed by atoms with Crippen molar-refractivity contribution in [2.75, 3.05) is 23.3 Å². The molecule has 1 heterocycles. The van der Waals surface area contributed by atoms with Gasteiger partial charge in [-0.25, -0.2) is 8.42 Å². The van der Waals surface area contributed by atoms with Gasteiger partial charge in [0.15, 0.2) is 0 Å². The minimum atomic E-state index is -4.01. The molecule has 0 atom stereocenters. The molecular formula is C26H26N4O4S2. The van der Waals surface area contributed by atoms with Crippen LogP contribution in [0.25, 0.3) is 10.6 Å². The maximum atomic E-state index is 13.6. The van der Waals surface area contributed by atoms with Crippen LogP contribution < -0.4 is 14.4 Å². The number of nitrogens with zero attached hydrogens (tertiary/aromatic N) is 3. The minimum absolute atomic E-state index is 0.110. The van der Waals surface area contributed by atoms with E-state index < -0.39 is 22.5 Å². The molecule has 0 radical (unpaired) electrons. The van der Waals surface area contributed by atoms with Crippen molar-refractivity contribution in [1.82, 2.24) is 10.2 Å². The van der Waals surface area contributed by atoms with Crippen LogP contribution in [0.4, 0.5) is 10.8 Å². The summed E-state index contributed by atoms with van der Waals surface area (Å²) in [5.41, 5.74) is 3.94. The zero-order valence-electron chi connectivity index (χ0n) is 20.3. The lowest BCUT2D eigenvalue weighted by molar-refractivity contribution is -0.114. The second-order valence-corrected chi connectivity index (χ2v) is 11.1. The van der Waals surface area contributed by atoms with Gasteiger partial charge in [-0.2, -0.15) is 0 Å². The second-order valence-electron chi connectivity index (χ2n) is 8.30. The quantitative estimate of drug-likeness (QED) is 0.351. The van der Waals surface area contributed by atoms with Gasteiger partial charge < -0.3 is 4.74 Å². The fourth-order valence-corrected chi connectivity index (χ4v) is 5.89. The lowest BCUT2D eigenvalue weighted by Gasteiger charge is -2.25. The Morgan fingerprint density at radius 2 is 1.61 bits per heavy atom. The van der Waals surface area contributed by atoms with E-state index in [0.717, 1.165) is 32.3 Å². The maximum absolute atomic E-state index is 13.6. The van der Waals surface area contributed by atoms with Crippen LogP contribution >= 0.6 is 11.3 Å². The molecule has 1 aromatic heterocycles. The molecule has 10 heteroatoms. The third kappa shape index (κ3) is 5.55. The van der Waals surface area contributed by atoms with Crippen LogP contribution in [0.15, 0.2) is 71.6 Å². The number of sulfonamides is 1. The molecule has 0 saturated carbocycles. The van der Waals surface area contributed by atoms with E-state index in [1.165, 1.54) is 11.3 Å². The molecule has 0 bridgehead atoms. The molecule has 0 aliphatic rings. The third-order valence-electron chi connectivity index (χ3n) is 5.53. The summed E-state index contributed by atoms with van der Waals surface area (Å²) < 4.78 is 33.5. The number of ether oxygens (including phenoxy) is 1. The highest BCUT2D eigenvalue weighted by Crippen LogP contribution is 2.30. The monoisotopic (exact) mass is 522 g/mol. The predicted molar refractivity (Wildman–Crippen MR) is 142 cm³/mol. The molecule has 0 saturated heterocycles. The van der Waals surface area contributed by atoms with Gasteiger partial charge >= 0.3 is 0 Å². The number of benzene rings is 3. The van der Waals surface area contributed by atoms with Crippen LogP contribution in [0.5, 0.6) is 5.75 Å². The van der Waals surface area contributed by atoms with E-state index in [-0.39, 0.29) is 10.0 Å². The number of amides is 1. The molecule has 3 aromatic carbocycles. The van der Waals surface area contributed by atoms with Crippen LogP contribution in [-0.4, -0.2) is 38.2 Å². The number of aryl methyl sites for hydroxylation is 3. The van der Waals surface area contributed by atoms with Crippen molar-refractivity contribution in [2.45, 2.75) is 25.7 Å². The first-order chi connectivity index (χ1) is 17.2. The van der Waals surface area contributed by atoms with E-state index in [4.69, 9.17) is 4.74 Å². The zero-order valence-corrected chi connectivity index (χ0v) is 22.0. The third-order valence-corrected chi connectivity index (χ3v) is 8.19. The van der Waals surface area contributed by atoms with Gasteiger partial charge in [-0.15, -0.1) is 10.2 Å². The normalized spacial score (nSPS) is 11.2. The summed E-state index contributed by atoms with van der Waals surface area (Å²) in [7, 11) is -2.42. The summed E-state index contributed by atoms with van der Waals surface area (Å²) in [6.07, 6.45) is 0. The number of anilines is 2. The second kappa shape index (κ2) is 10.5. The summed E-state index contributed by atoms with van der Waals surface area (Å²) in [6, 6.07) is 19.3. The maximum Gasteiger partial charge on any atom is 0.264 e. The van der Waals surface area contributed by atoms with Crippen LogP contribution in [0.1, 0.15) is 16.7 Å². The number of hydrogen-bond acceptors (Lipinski definition) is 7. The number of nitrogens with one attached hydrogen (secondary N) is 1. The van der Waals surface area contributed by atoms with E-state index in [1.54, 1.807) is 37.4 Å². The summed E-state index contributed by atoms with van der Waals surface area (Å²) >= 11 is 1.20. The Morgan fingerprint density at radius 1 is 0.944 bits per heavy atom. The number of carbonyl (C=O) groups excluding carboxylic acids is 1. The van der Waals surface area contributed by atoms with Gasteiger partial charge in [0.05, 0.1) is 17.7 Å². The van der Waals surface area contributed by atoms with Crippen molar-refractivity contribution in [1.29, 1.82) is 0 Å². The number of rotatable bonds is 8. The first kappa shape index (κ1) is 25.3. The van der Waals surface area contributed by atoms with Crippen molar-refractivity contribution < 1.29 is 17.9 Å². The predicted octanol–water partition coefficient (Wildman–Crippen LogP) is 4.97. The molecule has 4 aromatic rings. The standard InChI is InChI=1S/C26H26N4O4S2/c1-17-5-12-22(13-6-17)36(32,33)30(23-14-7-18(2)15-19(23)3)16-24(31)27-26-29-28-25(35-26)20-8-10-21(34-4)11-9-20/h5-15H,16H2,1-4H3,(H,27,29,31). The SMILES string of the molecule is COc1ccc(-c2nnc(NC(=O)CN(c3ccc(C)cc3C)S(=O)(=O)c3ccc(C)cc3)s2)cc1. The molecule has 1 N–H and O–H groups in total. The Bertz CT molecular complexity index is 1480. The van der Waals surface area contributed by atoms with Gasteiger partial charge in [-0.1, -0.05) is 46.7 Å². The first-order valence-corrected chi connectivity index (χ1v) is 13.4. The Hall–Kier alpha value is -3.76. The Balaban J connectivity index is 1.60. The van der Waals surface area contributed by atoms with Gasteiger partial charge in [-0.3, -0.25) is 14.4 Å². The van der Waals surface area contributed by atoms with E-state index in [9.17, 15) is 13.2 Å². The van der Waals surface area contributed by atoms with E-state index in [1.807, 2.05) is 57.2 Å². The van der Waals surface area contributed by atoms with E-state index >= 15 is 0 Å². The Labute approximate surface area is 214 Å².